The Bertz CT molecular complexity index is 91.6. The minimum atomic E-state index is 0.583. The van der Waals surface area contributed by atoms with Crippen molar-refractivity contribution in [1.82, 2.24) is 5.32 Å². The van der Waals surface area contributed by atoms with Gasteiger partial charge in [-0.05, 0) is 31.8 Å². The highest BCUT2D eigenvalue weighted by molar-refractivity contribution is 4.73. The molecule has 0 fully saturated rings. The number of hydrogen-bond donors (Lipinski definition) is 2. The van der Waals surface area contributed by atoms with Crippen molar-refractivity contribution in [2.24, 2.45) is 17.6 Å². The summed E-state index contributed by atoms with van der Waals surface area (Å²) in [6.45, 7) is 7.46. The summed E-state index contributed by atoms with van der Waals surface area (Å²) in [6.07, 6.45) is 1.22. The summed E-state index contributed by atoms with van der Waals surface area (Å²) in [5.74, 6) is 1.34. The van der Waals surface area contributed by atoms with Gasteiger partial charge in [0.15, 0.2) is 0 Å². The van der Waals surface area contributed by atoms with E-state index in [0.717, 1.165) is 12.5 Å². The van der Waals surface area contributed by atoms with Gasteiger partial charge in [0.1, 0.15) is 0 Å². The van der Waals surface area contributed by atoms with E-state index in [9.17, 15) is 0 Å². The lowest BCUT2D eigenvalue weighted by atomic mass is 9.93. The molecule has 11 heavy (non-hydrogen) atoms. The predicted molar refractivity (Wildman–Crippen MR) is 50.5 cm³/mol. The van der Waals surface area contributed by atoms with Gasteiger partial charge in [0.2, 0.25) is 0 Å². The molecule has 0 aliphatic carbocycles. The van der Waals surface area contributed by atoms with Crippen LogP contribution in [0.3, 0.4) is 0 Å². The van der Waals surface area contributed by atoms with Crippen LogP contribution in [0.25, 0.3) is 0 Å². The van der Waals surface area contributed by atoms with Crippen molar-refractivity contribution in [3.8, 4) is 0 Å². The van der Waals surface area contributed by atoms with E-state index in [1.54, 1.807) is 0 Å². The molecular formula is C9H22N2. The van der Waals surface area contributed by atoms with E-state index in [4.69, 9.17) is 5.73 Å². The van der Waals surface area contributed by atoms with Gasteiger partial charge in [0.05, 0.1) is 0 Å². The average Bonchev–Trinajstić information content (AvgIpc) is 1.98. The molecule has 2 atom stereocenters. The van der Waals surface area contributed by atoms with Crippen LogP contribution in [-0.4, -0.2) is 19.6 Å². The van der Waals surface area contributed by atoms with Crippen LogP contribution in [0.1, 0.15) is 27.2 Å². The first-order valence-corrected chi connectivity index (χ1v) is 4.49. The second-order valence-corrected chi connectivity index (χ2v) is 3.74. The largest absolute Gasteiger partial charge is 0.330 e. The molecule has 2 nitrogen and oxygen atoms in total. The second kappa shape index (κ2) is 5.56. The van der Waals surface area contributed by atoms with Crippen molar-refractivity contribution in [1.29, 1.82) is 0 Å². The van der Waals surface area contributed by atoms with Crippen LogP contribution in [-0.2, 0) is 0 Å². The van der Waals surface area contributed by atoms with Crippen LogP contribution in [0.15, 0.2) is 0 Å². The zero-order chi connectivity index (χ0) is 8.85. The van der Waals surface area contributed by atoms with Crippen molar-refractivity contribution in [3.05, 3.63) is 0 Å². The molecule has 0 bridgehead atoms. The third kappa shape index (κ3) is 4.38. The molecule has 2 heteroatoms. The Labute approximate surface area is 70.5 Å². The molecule has 2 unspecified atom stereocenters. The standard InChI is InChI=1S/C9H22N2/c1-7(2)5-9(11-4)8(3)6-10/h7-9,11H,5-6,10H2,1-4H3. The van der Waals surface area contributed by atoms with Crippen LogP contribution in [0.5, 0.6) is 0 Å². The maximum Gasteiger partial charge on any atom is 0.0104 e. The Kier molecular flexibility index (Phi) is 5.51. The Morgan fingerprint density at radius 2 is 1.82 bits per heavy atom. The molecule has 3 N–H and O–H groups in total. The summed E-state index contributed by atoms with van der Waals surface area (Å²) >= 11 is 0. The summed E-state index contributed by atoms with van der Waals surface area (Å²) in [5.41, 5.74) is 5.58. The lowest BCUT2D eigenvalue weighted by Crippen LogP contribution is -2.37. The van der Waals surface area contributed by atoms with Crippen molar-refractivity contribution < 1.29 is 0 Å². The monoisotopic (exact) mass is 158 g/mol. The molecule has 0 aromatic heterocycles. The molecule has 0 aromatic rings. The van der Waals surface area contributed by atoms with E-state index in [1.807, 2.05) is 7.05 Å². The van der Waals surface area contributed by atoms with Gasteiger partial charge in [-0.25, -0.2) is 0 Å². The smallest absolute Gasteiger partial charge is 0.0104 e. The molecule has 0 aliphatic heterocycles. The van der Waals surface area contributed by atoms with Gasteiger partial charge in [0, 0.05) is 6.04 Å². The minimum Gasteiger partial charge on any atom is -0.330 e. The summed E-state index contributed by atoms with van der Waals surface area (Å²) in [7, 11) is 2.01. The summed E-state index contributed by atoms with van der Waals surface area (Å²) in [5, 5.41) is 3.30. The molecule has 0 rings (SSSR count). The van der Waals surface area contributed by atoms with Crippen LogP contribution in [0.4, 0.5) is 0 Å². The van der Waals surface area contributed by atoms with Crippen molar-refractivity contribution in [3.63, 3.8) is 0 Å². The molecule has 0 radical (unpaired) electrons. The molecule has 0 amide bonds. The predicted octanol–water partition coefficient (Wildman–Crippen LogP) is 1.22. The van der Waals surface area contributed by atoms with Crippen molar-refractivity contribution >= 4 is 0 Å². The van der Waals surface area contributed by atoms with E-state index >= 15 is 0 Å². The Morgan fingerprint density at radius 3 is 2.09 bits per heavy atom. The van der Waals surface area contributed by atoms with Gasteiger partial charge in [0.25, 0.3) is 0 Å². The number of nitrogens with two attached hydrogens (primary N) is 1. The molecule has 0 aliphatic rings. The van der Waals surface area contributed by atoms with E-state index in [1.165, 1.54) is 6.42 Å². The molecule has 68 valence electrons. The summed E-state index contributed by atoms with van der Waals surface area (Å²) < 4.78 is 0. The third-order valence-corrected chi connectivity index (χ3v) is 2.15. The first-order chi connectivity index (χ1) is 5.11. The fourth-order valence-corrected chi connectivity index (χ4v) is 1.31. The van der Waals surface area contributed by atoms with Gasteiger partial charge in [-0.1, -0.05) is 20.8 Å². The van der Waals surface area contributed by atoms with Gasteiger partial charge in [-0.3, -0.25) is 0 Å². The van der Waals surface area contributed by atoms with Gasteiger partial charge in [-0.15, -0.1) is 0 Å². The van der Waals surface area contributed by atoms with Gasteiger partial charge >= 0.3 is 0 Å². The Morgan fingerprint density at radius 1 is 1.27 bits per heavy atom. The van der Waals surface area contributed by atoms with E-state index in [2.05, 4.69) is 26.1 Å². The highest BCUT2D eigenvalue weighted by Crippen LogP contribution is 2.11. The van der Waals surface area contributed by atoms with Gasteiger partial charge < -0.3 is 11.1 Å². The Balaban J connectivity index is 3.74. The first kappa shape index (κ1) is 10.9. The quantitative estimate of drug-likeness (QED) is 0.631. The Hall–Kier alpha value is -0.0800. The van der Waals surface area contributed by atoms with Crippen LogP contribution >= 0.6 is 0 Å². The molecule has 0 spiro atoms. The maximum absolute atomic E-state index is 5.58. The zero-order valence-electron chi connectivity index (χ0n) is 8.22. The van der Waals surface area contributed by atoms with Gasteiger partial charge in [-0.2, -0.15) is 0 Å². The number of nitrogens with one attached hydrogen (secondary N) is 1. The highest BCUT2D eigenvalue weighted by Gasteiger charge is 2.14. The second-order valence-electron chi connectivity index (χ2n) is 3.74. The summed E-state index contributed by atoms with van der Waals surface area (Å²) in [4.78, 5) is 0. The topological polar surface area (TPSA) is 38.0 Å². The first-order valence-electron chi connectivity index (χ1n) is 4.49. The van der Waals surface area contributed by atoms with E-state index in [0.29, 0.717) is 12.0 Å². The van der Waals surface area contributed by atoms with Crippen LogP contribution in [0.2, 0.25) is 0 Å². The molecule has 0 saturated heterocycles. The summed E-state index contributed by atoms with van der Waals surface area (Å²) in [6, 6.07) is 0.583. The van der Waals surface area contributed by atoms with E-state index in [-0.39, 0.29) is 0 Å². The number of rotatable bonds is 5. The number of hydrogen-bond acceptors (Lipinski definition) is 2. The minimum absolute atomic E-state index is 0.583. The van der Waals surface area contributed by atoms with Crippen LogP contribution in [0, 0.1) is 11.8 Å². The zero-order valence-corrected chi connectivity index (χ0v) is 8.22. The molecule has 0 heterocycles. The molecular weight excluding hydrogens is 136 g/mol. The maximum atomic E-state index is 5.58. The van der Waals surface area contributed by atoms with Crippen molar-refractivity contribution in [2.45, 2.75) is 33.2 Å². The fraction of sp³-hybridized carbons (Fsp3) is 1.00. The molecule has 0 aromatic carbocycles. The lowest BCUT2D eigenvalue weighted by molar-refractivity contribution is 0.345. The third-order valence-electron chi connectivity index (χ3n) is 2.15. The average molecular weight is 158 g/mol. The fourth-order valence-electron chi connectivity index (χ4n) is 1.31. The van der Waals surface area contributed by atoms with Crippen LogP contribution < -0.4 is 11.1 Å². The highest BCUT2D eigenvalue weighted by atomic mass is 14.9. The lowest BCUT2D eigenvalue weighted by Gasteiger charge is -2.23. The SMILES string of the molecule is CNC(CC(C)C)C(C)CN. The molecule has 0 saturated carbocycles. The van der Waals surface area contributed by atoms with E-state index < -0.39 is 0 Å². The normalized spacial score (nSPS) is 16.9. The van der Waals surface area contributed by atoms with Crippen molar-refractivity contribution in [2.75, 3.05) is 13.6 Å².